The highest BCUT2D eigenvalue weighted by Gasteiger charge is 2.26. The Morgan fingerprint density at radius 2 is 1.81 bits per heavy atom. The highest BCUT2D eigenvalue weighted by molar-refractivity contribution is 6.30. The van der Waals surface area contributed by atoms with Crippen molar-refractivity contribution >= 4 is 28.5 Å². The van der Waals surface area contributed by atoms with Crippen molar-refractivity contribution in [3.8, 4) is 16.8 Å². The van der Waals surface area contributed by atoms with Crippen LogP contribution in [0.1, 0.15) is 39.0 Å². The minimum Gasteiger partial charge on any atom is -0.353 e. The number of halogens is 1. The fourth-order valence-corrected chi connectivity index (χ4v) is 5.08. The second-order valence-electron chi connectivity index (χ2n) is 8.23. The van der Waals surface area contributed by atoms with Gasteiger partial charge in [0, 0.05) is 35.1 Å². The number of rotatable bonds is 5. The van der Waals surface area contributed by atoms with Gasteiger partial charge in [0.15, 0.2) is 5.65 Å². The molecule has 158 valence electrons. The van der Waals surface area contributed by atoms with Gasteiger partial charge in [-0.25, -0.2) is 9.97 Å². The average molecular weight is 431 g/mol. The molecular formula is C26H27ClN4. The molecule has 5 heteroatoms. The summed E-state index contributed by atoms with van der Waals surface area (Å²) in [4.78, 5) is 12.1. The fraction of sp³-hybridized carbons (Fsp3) is 0.308. The number of nitrogens with zero attached hydrogens (tertiary/aromatic N) is 4. The highest BCUT2D eigenvalue weighted by atomic mass is 35.5. The molecule has 0 atom stereocenters. The zero-order chi connectivity index (χ0) is 21.2. The molecule has 2 heterocycles. The van der Waals surface area contributed by atoms with Gasteiger partial charge in [-0.05, 0) is 43.5 Å². The third-order valence-electron chi connectivity index (χ3n) is 6.36. The number of fused-ring (bicyclic) bond motifs is 1. The Balaban J connectivity index is 1.75. The van der Waals surface area contributed by atoms with E-state index in [0.29, 0.717) is 11.1 Å². The summed E-state index contributed by atoms with van der Waals surface area (Å²) >= 11 is 6.32. The van der Waals surface area contributed by atoms with Gasteiger partial charge in [-0.2, -0.15) is 0 Å². The van der Waals surface area contributed by atoms with Gasteiger partial charge in [-0.3, -0.25) is 0 Å². The molecule has 0 spiro atoms. The van der Waals surface area contributed by atoms with Crippen molar-refractivity contribution in [2.45, 2.75) is 45.1 Å². The molecule has 0 unspecified atom stereocenters. The zero-order valence-electron chi connectivity index (χ0n) is 17.8. The third kappa shape index (κ3) is 3.81. The minimum atomic E-state index is 0.537. The number of anilines is 1. The van der Waals surface area contributed by atoms with E-state index >= 15 is 0 Å². The number of aromatic nitrogens is 3. The van der Waals surface area contributed by atoms with Crippen LogP contribution in [0.3, 0.4) is 0 Å². The summed E-state index contributed by atoms with van der Waals surface area (Å²) in [6.45, 7) is 3.17. The summed E-state index contributed by atoms with van der Waals surface area (Å²) in [6.07, 6.45) is 10.3. The Labute approximate surface area is 188 Å². The number of benzene rings is 2. The summed E-state index contributed by atoms with van der Waals surface area (Å²) in [5, 5.41) is 1.83. The normalized spacial score (nSPS) is 14.8. The number of hydrogen-bond acceptors (Lipinski definition) is 3. The van der Waals surface area contributed by atoms with Crippen molar-refractivity contribution in [3.63, 3.8) is 0 Å². The van der Waals surface area contributed by atoms with Crippen LogP contribution in [0.5, 0.6) is 0 Å². The molecule has 0 N–H and O–H groups in total. The van der Waals surface area contributed by atoms with Gasteiger partial charge >= 0.3 is 0 Å². The maximum absolute atomic E-state index is 6.32. The van der Waals surface area contributed by atoms with Gasteiger partial charge in [0.2, 0.25) is 0 Å². The van der Waals surface area contributed by atoms with Gasteiger partial charge in [0.25, 0.3) is 0 Å². The van der Waals surface area contributed by atoms with Crippen LogP contribution in [-0.2, 0) is 0 Å². The summed E-state index contributed by atoms with van der Waals surface area (Å²) in [5.74, 6) is 1.04. The Kier molecular flexibility index (Phi) is 5.65. The predicted octanol–water partition coefficient (Wildman–Crippen LogP) is 6.90. The topological polar surface area (TPSA) is 34.0 Å². The largest absolute Gasteiger partial charge is 0.353 e. The zero-order valence-corrected chi connectivity index (χ0v) is 18.6. The van der Waals surface area contributed by atoms with Crippen LogP contribution in [0, 0.1) is 0 Å². The molecule has 0 radical (unpaired) electrons. The molecule has 1 aliphatic rings. The quantitative estimate of drug-likeness (QED) is 0.345. The molecular weight excluding hydrogens is 404 g/mol. The van der Waals surface area contributed by atoms with Gasteiger partial charge in [0.05, 0.1) is 5.39 Å². The van der Waals surface area contributed by atoms with Crippen molar-refractivity contribution in [2.75, 3.05) is 11.4 Å². The number of hydrogen-bond donors (Lipinski definition) is 0. The van der Waals surface area contributed by atoms with Crippen LogP contribution in [-0.4, -0.2) is 27.1 Å². The Morgan fingerprint density at radius 3 is 2.55 bits per heavy atom. The van der Waals surface area contributed by atoms with Gasteiger partial charge in [0.1, 0.15) is 12.1 Å². The molecule has 1 aliphatic carbocycles. The molecule has 0 bridgehead atoms. The lowest BCUT2D eigenvalue weighted by Crippen LogP contribution is -2.37. The molecule has 0 saturated heterocycles. The van der Waals surface area contributed by atoms with Gasteiger partial charge in [-0.15, -0.1) is 0 Å². The molecule has 4 nitrogen and oxygen atoms in total. The first-order valence-corrected chi connectivity index (χ1v) is 11.6. The molecule has 0 amide bonds. The second-order valence-corrected chi connectivity index (χ2v) is 8.67. The Hall–Kier alpha value is -2.85. The summed E-state index contributed by atoms with van der Waals surface area (Å²) in [7, 11) is 0. The predicted molar refractivity (Wildman–Crippen MR) is 129 cm³/mol. The van der Waals surface area contributed by atoms with Crippen LogP contribution < -0.4 is 4.90 Å². The molecule has 2 aromatic heterocycles. The second kappa shape index (κ2) is 8.72. The molecule has 31 heavy (non-hydrogen) atoms. The molecule has 4 aromatic rings. The highest BCUT2D eigenvalue weighted by Crippen LogP contribution is 2.38. The van der Waals surface area contributed by atoms with Crippen molar-refractivity contribution < 1.29 is 0 Å². The first-order chi connectivity index (χ1) is 15.3. The third-order valence-corrected chi connectivity index (χ3v) is 6.60. The van der Waals surface area contributed by atoms with E-state index in [1.807, 2.05) is 18.2 Å². The maximum atomic E-state index is 6.32. The van der Waals surface area contributed by atoms with Crippen LogP contribution in [0.2, 0.25) is 5.02 Å². The lowest BCUT2D eigenvalue weighted by molar-refractivity contribution is 0.417. The smallest absolute Gasteiger partial charge is 0.150 e. The van der Waals surface area contributed by atoms with E-state index < -0.39 is 0 Å². The molecule has 0 aliphatic heterocycles. The first kappa shape index (κ1) is 20.1. The molecule has 2 aromatic carbocycles. The van der Waals surface area contributed by atoms with Gasteiger partial charge in [-0.1, -0.05) is 67.3 Å². The van der Waals surface area contributed by atoms with E-state index in [0.717, 1.165) is 34.6 Å². The van der Waals surface area contributed by atoms with Gasteiger partial charge < -0.3 is 9.47 Å². The van der Waals surface area contributed by atoms with Crippen LogP contribution in [0.4, 0.5) is 5.82 Å². The van der Waals surface area contributed by atoms with Crippen LogP contribution in [0.15, 0.2) is 67.1 Å². The van der Waals surface area contributed by atoms with Crippen molar-refractivity contribution in [3.05, 3.63) is 72.1 Å². The maximum Gasteiger partial charge on any atom is 0.150 e. The first-order valence-electron chi connectivity index (χ1n) is 11.2. The van der Waals surface area contributed by atoms with Crippen molar-refractivity contribution in [1.82, 2.24) is 14.5 Å². The molecule has 1 saturated carbocycles. The fourth-order valence-electron chi connectivity index (χ4n) is 4.90. The monoisotopic (exact) mass is 430 g/mol. The lowest BCUT2D eigenvalue weighted by Gasteiger charge is -2.35. The van der Waals surface area contributed by atoms with Crippen LogP contribution >= 0.6 is 11.6 Å². The van der Waals surface area contributed by atoms with E-state index in [1.54, 1.807) is 6.33 Å². The summed E-state index contributed by atoms with van der Waals surface area (Å²) in [6, 6.07) is 19.0. The van der Waals surface area contributed by atoms with E-state index in [1.165, 1.54) is 37.7 Å². The van der Waals surface area contributed by atoms with E-state index in [2.05, 4.69) is 59.0 Å². The van der Waals surface area contributed by atoms with Crippen molar-refractivity contribution in [1.29, 1.82) is 0 Å². The molecule has 1 fully saturated rings. The lowest BCUT2D eigenvalue weighted by atomic mass is 9.94. The SMILES string of the molecule is CCN(c1ncnc2c1c(-c1ccccc1)cn2-c1cccc(Cl)c1)C1CCCCC1. The average Bonchev–Trinajstić information content (AvgIpc) is 3.21. The Morgan fingerprint density at radius 1 is 1.00 bits per heavy atom. The van der Waals surface area contributed by atoms with E-state index in [4.69, 9.17) is 21.6 Å². The Bertz CT molecular complexity index is 1180. The molecule has 5 rings (SSSR count). The van der Waals surface area contributed by atoms with E-state index in [9.17, 15) is 0 Å². The summed E-state index contributed by atoms with van der Waals surface area (Å²) in [5.41, 5.74) is 4.25. The standard InChI is InChI=1S/C26H27ClN4/c1-2-30(21-13-7-4-8-14-21)25-24-23(19-10-5-3-6-11-19)17-31(26(24)29-18-28-25)22-15-9-12-20(27)16-22/h3,5-6,9-12,15-18,21H,2,4,7-8,13-14H2,1H3. The van der Waals surface area contributed by atoms with E-state index in [-0.39, 0.29) is 0 Å². The minimum absolute atomic E-state index is 0.537. The van der Waals surface area contributed by atoms with Crippen LogP contribution in [0.25, 0.3) is 27.8 Å². The summed E-state index contributed by atoms with van der Waals surface area (Å²) < 4.78 is 2.14. The van der Waals surface area contributed by atoms with Crippen molar-refractivity contribution in [2.24, 2.45) is 0 Å².